The summed E-state index contributed by atoms with van der Waals surface area (Å²) in [6, 6.07) is 3.66. The number of halogens is 2. The smallest absolute Gasteiger partial charge is 0.275 e. The number of benzene rings is 1. The molecule has 0 bridgehead atoms. The molecule has 0 radical (unpaired) electrons. The first-order valence-corrected chi connectivity index (χ1v) is 7.97. The van der Waals surface area contributed by atoms with Gasteiger partial charge in [-0.25, -0.2) is 8.78 Å². The van der Waals surface area contributed by atoms with Crippen LogP contribution in [0.25, 0.3) is 0 Å². The number of H-pyrrole nitrogens is 1. The lowest BCUT2D eigenvalue weighted by Gasteiger charge is -2.24. The first-order chi connectivity index (χ1) is 11.1. The molecule has 4 nitrogen and oxygen atoms in total. The number of hydrogen-bond donors (Lipinski definition) is 1. The minimum Gasteiger partial charge on any atom is -0.330 e. The molecule has 1 aliphatic heterocycles. The first kappa shape index (κ1) is 14.4. The van der Waals surface area contributed by atoms with Gasteiger partial charge in [0.05, 0.1) is 6.04 Å². The molecule has 1 aromatic carbocycles. The predicted octanol–water partition coefficient (Wildman–Crippen LogP) is 3.15. The average Bonchev–Trinajstić information content (AvgIpc) is 3.25. The summed E-state index contributed by atoms with van der Waals surface area (Å²) >= 11 is 0. The third kappa shape index (κ3) is 2.33. The van der Waals surface area contributed by atoms with E-state index in [-0.39, 0.29) is 11.9 Å². The average molecular weight is 317 g/mol. The summed E-state index contributed by atoms with van der Waals surface area (Å²) in [6.07, 6.45) is 4.45. The summed E-state index contributed by atoms with van der Waals surface area (Å²) in [5.41, 5.74) is 3.21. The number of carbonyl (C=O) groups excluding carboxylic acids is 1. The van der Waals surface area contributed by atoms with Crippen LogP contribution in [0.2, 0.25) is 0 Å². The SMILES string of the molecule is O=C(c1n[nH]c2c1CCC2)N1CCC[C@H]1c1ccc(F)c(F)c1. The fourth-order valence-corrected chi connectivity index (χ4v) is 3.71. The zero-order chi connectivity index (χ0) is 16.0. The number of rotatable bonds is 2. The molecule has 1 fully saturated rings. The summed E-state index contributed by atoms with van der Waals surface area (Å²) in [4.78, 5) is 14.6. The second-order valence-corrected chi connectivity index (χ2v) is 6.21. The van der Waals surface area contributed by atoms with Crippen LogP contribution in [0.5, 0.6) is 0 Å². The molecule has 1 aliphatic carbocycles. The summed E-state index contributed by atoms with van der Waals surface area (Å²) in [5, 5.41) is 7.15. The summed E-state index contributed by atoms with van der Waals surface area (Å²) in [5.74, 6) is -1.85. The van der Waals surface area contributed by atoms with Crippen LogP contribution in [0.4, 0.5) is 8.78 Å². The van der Waals surface area contributed by atoms with Gasteiger partial charge in [0.25, 0.3) is 5.91 Å². The van der Waals surface area contributed by atoms with Crippen LogP contribution in [-0.4, -0.2) is 27.5 Å². The largest absolute Gasteiger partial charge is 0.330 e. The van der Waals surface area contributed by atoms with Gasteiger partial charge in [-0.2, -0.15) is 5.10 Å². The van der Waals surface area contributed by atoms with Crippen molar-refractivity contribution in [1.82, 2.24) is 15.1 Å². The Bertz CT molecular complexity index is 771. The molecule has 0 saturated carbocycles. The number of fused-ring (bicyclic) bond motifs is 1. The van der Waals surface area contributed by atoms with Gasteiger partial charge in [-0.15, -0.1) is 0 Å². The monoisotopic (exact) mass is 317 g/mol. The van der Waals surface area contributed by atoms with E-state index in [4.69, 9.17) is 0 Å². The van der Waals surface area contributed by atoms with E-state index in [1.807, 2.05) is 0 Å². The zero-order valence-electron chi connectivity index (χ0n) is 12.6. The number of nitrogens with one attached hydrogen (secondary N) is 1. The van der Waals surface area contributed by atoms with E-state index in [9.17, 15) is 13.6 Å². The van der Waals surface area contributed by atoms with E-state index in [0.717, 1.165) is 49.4 Å². The Balaban J connectivity index is 1.64. The highest BCUT2D eigenvalue weighted by Crippen LogP contribution is 2.35. The molecular weight excluding hydrogens is 300 g/mol. The lowest BCUT2D eigenvalue weighted by Crippen LogP contribution is -2.31. The van der Waals surface area contributed by atoms with Gasteiger partial charge in [0.2, 0.25) is 0 Å². The molecular formula is C17H17F2N3O. The van der Waals surface area contributed by atoms with Crippen LogP contribution in [0.3, 0.4) is 0 Å². The molecule has 0 spiro atoms. The second kappa shape index (κ2) is 5.44. The van der Waals surface area contributed by atoms with Crippen molar-refractivity contribution in [3.63, 3.8) is 0 Å². The molecule has 120 valence electrons. The van der Waals surface area contributed by atoms with Gasteiger partial charge >= 0.3 is 0 Å². The predicted molar refractivity (Wildman–Crippen MR) is 80.0 cm³/mol. The lowest BCUT2D eigenvalue weighted by atomic mass is 10.0. The van der Waals surface area contributed by atoms with Gasteiger partial charge in [-0.1, -0.05) is 6.07 Å². The van der Waals surface area contributed by atoms with E-state index < -0.39 is 11.6 Å². The third-order valence-electron chi connectivity index (χ3n) is 4.85. The molecule has 1 atom stereocenters. The Morgan fingerprint density at radius 2 is 2.09 bits per heavy atom. The van der Waals surface area contributed by atoms with Gasteiger partial charge in [0, 0.05) is 17.8 Å². The molecule has 2 aromatic rings. The second-order valence-electron chi connectivity index (χ2n) is 6.21. The van der Waals surface area contributed by atoms with Crippen LogP contribution >= 0.6 is 0 Å². The van der Waals surface area contributed by atoms with Gasteiger partial charge in [0.15, 0.2) is 17.3 Å². The van der Waals surface area contributed by atoms with E-state index in [1.165, 1.54) is 6.07 Å². The maximum atomic E-state index is 13.5. The number of aromatic amines is 1. The van der Waals surface area contributed by atoms with Crippen molar-refractivity contribution in [2.45, 2.75) is 38.1 Å². The fourth-order valence-electron chi connectivity index (χ4n) is 3.71. The van der Waals surface area contributed by atoms with Crippen molar-refractivity contribution in [2.75, 3.05) is 6.54 Å². The van der Waals surface area contributed by atoms with Crippen molar-refractivity contribution < 1.29 is 13.6 Å². The molecule has 2 aliphatic rings. The van der Waals surface area contributed by atoms with Crippen LogP contribution < -0.4 is 0 Å². The molecule has 6 heteroatoms. The fraction of sp³-hybridized carbons (Fsp3) is 0.412. The summed E-state index contributed by atoms with van der Waals surface area (Å²) in [6.45, 7) is 0.615. The van der Waals surface area contributed by atoms with Crippen molar-refractivity contribution in [3.05, 3.63) is 52.3 Å². The Labute approximate surface area is 132 Å². The Morgan fingerprint density at radius 1 is 1.22 bits per heavy atom. The quantitative estimate of drug-likeness (QED) is 0.925. The molecule has 1 aromatic heterocycles. The molecule has 2 heterocycles. The molecule has 1 saturated heterocycles. The maximum absolute atomic E-state index is 13.5. The van der Waals surface area contributed by atoms with Gasteiger partial charge < -0.3 is 4.90 Å². The number of nitrogens with zero attached hydrogens (tertiary/aromatic N) is 2. The normalized spacial score (nSPS) is 20.1. The van der Waals surface area contributed by atoms with Crippen LogP contribution in [0.1, 0.15) is 52.6 Å². The number of likely N-dealkylation sites (tertiary alicyclic amines) is 1. The maximum Gasteiger partial charge on any atom is 0.275 e. The number of aromatic nitrogens is 2. The minimum atomic E-state index is -0.873. The van der Waals surface area contributed by atoms with E-state index >= 15 is 0 Å². The Morgan fingerprint density at radius 3 is 2.91 bits per heavy atom. The number of hydrogen-bond acceptors (Lipinski definition) is 2. The summed E-state index contributed by atoms with van der Waals surface area (Å²) < 4.78 is 26.7. The standard InChI is InChI=1S/C17H17F2N3O/c18-12-7-6-10(9-13(12)19)15-5-2-8-22(15)17(23)16-11-3-1-4-14(11)20-21-16/h6-7,9,15H,1-5,8H2,(H,20,21)/t15-/m0/s1. The van der Waals surface area contributed by atoms with Crippen LogP contribution in [0.15, 0.2) is 18.2 Å². The van der Waals surface area contributed by atoms with Gasteiger partial charge in [-0.3, -0.25) is 9.89 Å². The third-order valence-corrected chi connectivity index (χ3v) is 4.85. The minimum absolute atomic E-state index is 0.114. The molecule has 23 heavy (non-hydrogen) atoms. The van der Waals surface area contributed by atoms with Crippen molar-refractivity contribution >= 4 is 5.91 Å². The Hall–Kier alpha value is -2.24. The highest BCUT2D eigenvalue weighted by Gasteiger charge is 2.34. The number of aryl methyl sites for hydroxylation is 1. The number of amides is 1. The van der Waals surface area contributed by atoms with Crippen LogP contribution in [-0.2, 0) is 12.8 Å². The highest BCUT2D eigenvalue weighted by molar-refractivity contribution is 5.94. The zero-order valence-corrected chi connectivity index (χ0v) is 12.6. The molecule has 0 unspecified atom stereocenters. The molecule has 1 N–H and O–H groups in total. The topological polar surface area (TPSA) is 49.0 Å². The summed E-state index contributed by atoms with van der Waals surface area (Å²) in [7, 11) is 0. The lowest BCUT2D eigenvalue weighted by molar-refractivity contribution is 0.0728. The van der Waals surface area contributed by atoms with E-state index in [2.05, 4.69) is 10.2 Å². The van der Waals surface area contributed by atoms with E-state index in [1.54, 1.807) is 11.0 Å². The molecule has 1 amide bonds. The molecule has 4 rings (SSSR count). The van der Waals surface area contributed by atoms with Crippen molar-refractivity contribution in [3.8, 4) is 0 Å². The van der Waals surface area contributed by atoms with Crippen LogP contribution in [0, 0.1) is 11.6 Å². The van der Waals surface area contributed by atoms with E-state index in [0.29, 0.717) is 17.8 Å². The van der Waals surface area contributed by atoms with Crippen molar-refractivity contribution in [1.29, 1.82) is 0 Å². The number of carbonyl (C=O) groups is 1. The van der Waals surface area contributed by atoms with Crippen molar-refractivity contribution in [2.24, 2.45) is 0 Å². The van der Waals surface area contributed by atoms with Gasteiger partial charge in [-0.05, 0) is 49.8 Å². The highest BCUT2D eigenvalue weighted by atomic mass is 19.2. The van der Waals surface area contributed by atoms with Gasteiger partial charge in [0.1, 0.15) is 0 Å². The Kier molecular flexibility index (Phi) is 3.39. The first-order valence-electron chi connectivity index (χ1n) is 7.97.